The second kappa shape index (κ2) is 7.51. The molecule has 0 aliphatic heterocycles. The molecule has 0 aromatic rings. The molecule has 0 aromatic heterocycles. The Labute approximate surface area is 92.3 Å². The van der Waals surface area contributed by atoms with Gasteiger partial charge in [-0.3, -0.25) is 0 Å². The molecule has 0 saturated heterocycles. The molecule has 0 rings (SSSR count). The minimum atomic E-state index is -0.417. The number of amides is 1. The predicted octanol–water partition coefficient (Wildman–Crippen LogP) is 2.33. The van der Waals surface area contributed by atoms with Gasteiger partial charge in [0.15, 0.2) is 0 Å². The van der Waals surface area contributed by atoms with Gasteiger partial charge in [-0.15, -0.1) is 0 Å². The summed E-state index contributed by atoms with van der Waals surface area (Å²) in [4.78, 5) is 11.2. The smallest absolute Gasteiger partial charge is 0.407 e. The third-order valence-electron chi connectivity index (χ3n) is 1.69. The lowest BCUT2D eigenvalue weighted by molar-refractivity contribution is 0.0526. The molecular formula is C11H23NO3. The van der Waals surface area contributed by atoms with E-state index in [1.165, 1.54) is 0 Å². The van der Waals surface area contributed by atoms with E-state index in [1.807, 2.05) is 20.8 Å². The maximum absolute atomic E-state index is 11.2. The molecule has 15 heavy (non-hydrogen) atoms. The van der Waals surface area contributed by atoms with Gasteiger partial charge >= 0.3 is 6.09 Å². The molecule has 0 aliphatic rings. The second-order valence-electron chi connectivity index (χ2n) is 4.48. The Hall–Kier alpha value is -0.770. The summed E-state index contributed by atoms with van der Waals surface area (Å²) in [5, 5.41) is 2.71. The molecule has 0 bridgehead atoms. The first kappa shape index (κ1) is 14.2. The summed E-state index contributed by atoms with van der Waals surface area (Å²) in [6.07, 6.45) is 2.72. The molecule has 0 radical (unpaired) electrons. The van der Waals surface area contributed by atoms with E-state index in [2.05, 4.69) is 5.32 Å². The van der Waals surface area contributed by atoms with Crippen LogP contribution in [0, 0.1) is 0 Å². The highest BCUT2D eigenvalue weighted by atomic mass is 16.6. The van der Waals surface area contributed by atoms with Gasteiger partial charge in [-0.1, -0.05) is 0 Å². The van der Waals surface area contributed by atoms with Crippen molar-refractivity contribution in [3.8, 4) is 0 Å². The van der Waals surface area contributed by atoms with Crippen molar-refractivity contribution in [2.75, 3.05) is 20.3 Å². The molecule has 0 saturated carbocycles. The van der Waals surface area contributed by atoms with Gasteiger partial charge in [0.05, 0.1) is 0 Å². The van der Waals surface area contributed by atoms with Crippen molar-refractivity contribution in [2.24, 2.45) is 0 Å². The van der Waals surface area contributed by atoms with E-state index in [1.54, 1.807) is 7.11 Å². The van der Waals surface area contributed by atoms with E-state index in [4.69, 9.17) is 9.47 Å². The third kappa shape index (κ3) is 11.2. The van der Waals surface area contributed by atoms with Gasteiger partial charge in [-0.05, 0) is 40.0 Å². The van der Waals surface area contributed by atoms with Crippen LogP contribution in [0.25, 0.3) is 0 Å². The first-order valence-corrected chi connectivity index (χ1v) is 5.41. The number of hydrogen-bond acceptors (Lipinski definition) is 3. The zero-order valence-electron chi connectivity index (χ0n) is 10.3. The Bertz CT molecular complexity index is 175. The summed E-state index contributed by atoms with van der Waals surface area (Å²) in [5.41, 5.74) is -0.417. The van der Waals surface area contributed by atoms with E-state index >= 15 is 0 Å². The Morgan fingerprint density at radius 2 is 1.87 bits per heavy atom. The van der Waals surface area contributed by atoms with Crippen molar-refractivity contribution >= 4 is 6.09 Å². The number of alkyl carbamates (subject to hydrolysis) is 1. The molecule has 0 aliphatic carbocycles. The van der Waals surface area contributed by atoms with Crippen molar-refractivity contribution < 1.29 is 14.3 Å². The Morgan fingerprint density at radius 1 is 1.20 bits per heavy atom. The summed E-state index contributed by atoms with van der Waals surface area (Å²) in [6.45, 7) is 7.01. The van der Waals surface area contributed by atoms with Gasteiger partial charge in [-0.2, -0.15) is 0 Å². The van der Waals surface area contributed by atoms with Crippen LogP contribution in [-0.2, 0) is 9.47 Å². The monoisotopic (exact) mass is 217 g/mol. The van der Waals surface area contributed by atoms with Gasteiger partial charge in [-0.25, -0.2) is 4.79 Å². The fourth-order valence-electron chi connectivity index (χ4n) is 1.05. The number of nitrogens with one attached hydrogen (secondary N) is 1. The fraction of sp³-hybridized carbons (Fsp3) is 0.909. The van der Waals surface area contributed by atoms with Crippen molar-refractivity contribution in [3.63, 3.8) is 0 Å². The van der Waals surface area contributed by atoms with Crippen LogP contribution in [0.4, 0.5) is 4.79 Å². The number of carbonyl (C=O) groups excluding carboxylic acids is 1. The Kier molecular flexibility index (Phi) is 7.13. The third-order valence-corrected chi connectivity index (χ3v) is 1.69. The largest absolute Gasteiger partial charge is 0.444 e. The molecule has 0 aromatic carbocycles. The molecule has 0 unspecified atom stereocenters. The molecule has 4 heteroatoms. The molecule has 1 N–H and O–H groups in total. The fourth-order valence-corrected chi connectivity index (χ4v) is 1.05. The van der Waals surface area contributed by atoms with Crippen LogP contribution in [0.2, 0.25) is 0 Å². The molecule has 0 spiro atoms. The van der Waals surface area contributed by atoms with Crippen molar-refractivity contribution in [2.45, 2.75) is 45.6 Å². The van der Waals surface area contributed by atoms with Gasteiger partial charge < -0.3 is 14.8 Å². The van der Waals surface area contributed by atoms with Crippen LogP contribution in [0.3, 0.4) is 0 Å². The maximum Gasteiger partial charge on any atom is 0.407 e. The molecular weight excluding hydrogens is 194 g/mol. The number of ether oxygens (including phenoxy) is 2. The Balaban J connectivity index is 3.32. The highest BCUT2D eigenvalue weighted by Gasteiger charge is 2.15. The van der Waals surface area contributed by atoms with Crippen molar-refractivity contribution in [1.29, 1.82) is 0 Å². The van der Waals surface area contributed by atoms with E-state index < -0.39 is 5.60 Å². The first-order chi connectivity index (χ1) is 6.95. The zero-order chi connectivity index (χ0) is 11.7. The summed E-state index contributed by atoms with van der Waals surface area (Å²) in [5.74, 6) is 0. The average Bonchev–Trinajstić information content (AvgIpc) is 2.08. The van der Waals surface area contributed by atoms with Crippen molar-refractivity contribution in [3.05, 3.63) is 0 Å². The molecule has 4 nitrogen and oxygen atoms in total. The summed E-state index contributed by atoms with van der Waals surface area (Å²) in [6, 6.07) is 0. The lowest BCUT2D eigenvalue weighted by Crippen LogP contribution is -2.33. The normalized spacial score (nSPS) is 11.2. The summed E-state index contributed by atoms with van der Waals surface area (Å²) >= 11 is 0. The topological polar surface area (TPSA) is 47.6 Å². The maximum atomic E-state index is 11.2. The highest BCUT2D eigenvalue weighted by Crippen LogP contribution is 2.06. The molecule has 90 valence electrons. The van der Waals surface area contributed by atoms with Crippen LogP contribution in [-0.4, -0.2) is 32.0 Å². The highest BCUT2D eigenvalue weighted by molar-refractivity contribution is 5.67. The minimum absolute atomic E-state index is 0.339. The van der Waals surface area contributed by atoms with Crippen LogP contribution in [0.1, 0.15) is 40.0 Å². The zero-order valence-corrected chi connectivity index (χ0v) is 10.3. The van der Waals surface area contributed by atoms with Crippen LogP contribution in [0.15, 0.2) is 0 Å². The lowest BCUT2D eigenvalue weighted by Gasteiger charge is -2.19. The second-order valence-corrected chi connectivity index (χ2v) is 4.48. The number of rotatable bonds is 6. The SMILES string of the molecule is COCCCCCNC(=O)OC(C)(C)C. The average molecular weight is 217 g/mol. The Morgan fingerprint density at radius 3 is 2.40 bits per heavy atom. The molecule has 0 heterocycles. The van der Waals surface area contributed by atoms with Crippen molar-refractivity contribution in [1.82, 2.24) is 5.32 Å². The first-order valence-electron chi connectivity index (χ1n) is 5.41. The molecule has 0 atom stereocenters. The van der Waals surface area contributed by atoms with Crippen LogP contribution in [0.5, 0.6) is 0 Å². The van der Waals surface area contributed by atoms with Crippen LogP contribution < -0.4 is 5.32 Å². The van der Waals surface area contributed by atoms with Gasteiger partial charge in [0.25, 0.3) is 0 Å². The molecule has 0 fully saturated rings. The van der Waals surface area contributed by atoms with E-state index in [0.29, 0.717) is 6.54 Å². The molecule has 1 amide bonds. The van der Waals surface area contributed by atoms with Crippen LogP contribution >= 0.6 is 0 Å². The summed E-state index contributed by atoms with van der Waals surface area (Å²) in [7, 11) is 1.69. The summed E-state index contributed by atoms with van der Waals surface area (Å²) < 4.78 is 10.0. The number of unbranched alkanes of at least 4 members (excludes halogenated alkanes) is 2. The lowest BCUT2D eigenvalue weighted by atomic mass is 10.2. The van der Waals surface area contributed by atoms with E-state index in [-0.39, 0.29) is 6.09 Å². The van der Waals surface area contributed by atoms with E-state index in [0.717, 1.165) is 25.9 Å². The number of hydrogen-bond donors (Lipinski definition) is 1. The van der Waals surface area contributed by atoms with Gasteiger partial charge in [0.1, 0.15) is 5.60 Å². The quantitative estimate of drug-likeness (QED) is 0.695. The number of methoxy groups -OCH3 is 1. The number of carbonyl (C=O) groups is 1. The minimum Gasteiger partial charge on any atom is -0.444 e. The standard InChI is InChI=1S/C11H23NO3/c1-11(2,3)15-10(13)12-8-6-5-7-9-14-4/h5-9H2,1-4H3,(H,12,13). The van der Waals surface area contributed by atoms with Gasteiger partial charge in [0, 0.05) is 20.3 Å². The predicted molar refractivity (Wildman–Crippen MR) is 60.0 cm³/mol. The van der Waals surface area contributed by atoms with Gasteiger partial charge in [0.2, 0.25) is 0 Å². The van der Waals surface area contributed by atoms with E-state index in [9.17, 15) is 4.79 Å².